The number of aliphatic carboxylic acids is 1. The van der Waals surface area contributed by atoms with E-state index >= 15 is 0 Å². The molecular weight excluding hydrogens is 1020 g/mol. The minimum absolute atomic E-state index is 0.00164. The van der Waals surface area contributed by atoms with Crippen molar-refractivity contribution in [1.82, 2.24) is 66.7 Å². The number of carboxylic acid groups (broad SMARTS) is 1. The van der Waals surface area contributed by atoms with Crippen LogP contribution in [0.1, 0.15) is 117 Å². The Bertz CT molecular complexity index is 2590. The first-order valence-corrected chi connectivity index (χ1v) is 27.1. The molecule has 1 fully saturated rings. The molecule has 24 heteroatoms. The van der Waals surface area contributed by atoms with Gasteiger partial charge in [0.25, 0.3) is 0 Å². The Morgan fingerprint density at radius 1 is 0.684 bits per heavy atom. The third-order valence-electron chi connectivity index (χ3n) is 13.9. The number of aromatic amines is 3. The van der Waals surface area contributed by atoms with Gasteiger partial charge in [0.05, 0.1) is 31.1 Å². The van der Waals surface area contributed by atoms with Crippen LogP contribution in [0.4, 0.5) is 4.79 Å². The summed E-state index contributed by atoms with van der Waals surface area (Å²) < 4.78 is 5.47. The maximum absolute atomic E-state index is 14.7. The number of amides is 7. The molecule has 11 N–H and O–H groups in total. The number of nitrogens with one attached hydrogen (secondary N) is 9. The van der Waals surface area contributed by atoms with Crippen LogP contribution >= 0.6 is 0 Å². The van der Waals surface area contributed by atoms with E-state index in [1.807, 2.05) is 20.8 Å². The summed E-state index contributed by atoms with van der Waals surface area (Å²) in [6.45, 7) is 16.3. The summed E-state index contributed by atoms with van der Waals surface area (Å²) in [7, 11) is 0. The molecule has 3 aromatic heterocycles. The number of imidazole rings is 3. The molecule has 24 nitrogen and oxygen atoms in total. The predicted molar refractivity (Wildman–Crippen MR) is 290 cm³/mol. The fourth-order valence-corrected chi connectivity index (χ4v) is 9.44. The van der Waals surface area contributed by atoms with E-state index in [1.54, 1.807) is 71.9 Å². The largest absolute Gasteiger partial charge is 0.480 e. The number of carbonyl (C=O) groups excluding carboxylic acids is 7. The third kappa shape index (κ3) is 19.4. The minimum Gasteiger partial charge on any atom is -0.480 e. The number of ether oxygens (including phenoxy) is 1. The Hall–Kier alpha value is -7.63. The van der Waals surface area contributed by atoms with E-state index < -0.39 is 113 Å². The van der Waals surface area contributed by atoms with E-state index in [-0.39, 0.29) is 63.3 Å². The van der Waals surface area contributed by atoms with Crippen molar-refractivity contribution < 1.29 is 53.3 Å². The summed E-state index contributed by atoms with van der Waals surface area (Å²) in [6, 6.07) is 0.851. The van der Waals surface area contributed by atoms with Crippen LogP contribution in [0.25, 0.3) is 0 Å². The second-order valence-corrected chi connectivity index (χ2v) is 22.2. The molecule has 1 aromatic carbocycles. The van der Waals surface area contributed by atoms with E-state index in [0.29, 0.717) is 35.5 Å². The highest BCUT2D eigenvalue weighted by molar-refractivity contribution is 5.96. The van der Waals surface area contributed by atoms with Gasteiger partial charge in [0.15, 0.2) is 0 Å². The molecule has 1 aliphatic heterocycles. The zero-order valence-electron chi connectivity index (χ0n) is 46.7. The van der Waals surface area contributed by atoms with Crippen molar-refractivity contribution in [3.63, 3.8) is 0 Å². The van der Waals surface area contributed by atoms with Gasteiger partial charge in [-0.3, -0.25) is 28.8 Å². The molecule has 1 saturated heterocycles. The monoisotopic (exact) mass is 1100 g/mol. The second kappa shape index (κ2) is 29.4. The maximum Gasteiger partial charge on any atom is 0.408 e. The lowest BCUT2D eigenvalue weighted by Crippen LogP contribution is -2.60. The first-order valence-electron chi connectivity index (χ1n) is 27.1. The molecule has 5 rings (SSSR count). The molecule has 0 aliphatic carbocycles. The number of alkyl carbamates (subject to hydrolysis) is 1. The van der Waals surface area contributed by atoms with Crippen LogP contribution in [0.2, 0.25) is 0 Å². The summed E-state index contributed by atoms with van der Waals surface area (Å²) in [5, 5.41) is 38.8. The summed E-state index contributed by atoms with van der Waals surface area (Å²) in [5.74, 6) is -6.78. The molecule has 4 heterocycles. The van der Waals surface area contributed by atoms with Gasteiger partial charge in [-0.1, -0.05) is 78.3 Å². The van der Waals surface area contributed by atoms with Gasteiger partial charge in [0.1, 0.15) is 41.9 Å². The third-order valence-corrected chi connectivity index (χ3v) is 13.9. The summed E-state index contributed by atoms with van der Waals surface area (Å²) in [5.41, 5.74) is 1.37. The van der Waals surface area contributed by atoms with Crippen LogP contribution < -0.4 is 31.9 Å². The molecule has 0 saturated carbocycles. The first-order chi connectivity index (χ1) is 37.4. The normalized spacial score (nSPS) is 17.0. The van der Waals surface area contributed by atoms with Gasteiger partial charge < -0.3 is 66.7 Å². The highest BCUT2D eigenvalue weighted by atomic mass is 16.6. The van der Waals surface area contributed by atoms with Crippen molar-refractivity contribution in [3.8, 4) is 0 Å². The summed E-state index contributed by atoms with van der Waals surface area (Å²) in [6.07, 6.45) is 7.79. The molecule has 0 radical (unpaired) electrons. The molecular formula is C55H81N13O11. The number of aromatic nitrogens is 6. The zero-order chi connectivity index (χ0) is 58.0. The number of aliphatic hydroxyl groups is 1. The van der Waals surface area contributed by atoms with Crippen LogP contribution in [-0.4, -0.2) is 153 Å². The lowest BCUT2D eigenvalue weighted by atomic mass is 9.85. The molecule has 10 atom stereocenters. The lowest BCUT2D eigenvalue weighted by molar-refractivity contribution is -0.142. The van der Waals surface area contributed by atoms with Crippen LogP contribution in [0.3, 0.4) is 0 Å². The Balaban J connectivity index is 1.35. The van der Waals surface area contributed by atoms with Gasteiger partial charge in [-0.15, -0.1) is 0 Å². The number of carboxylic acids is 1. The Morgan fingerprint density at radius 3 is 1.75 bits per heavy atom. The average molecular weight is 1100 g/mol. The smallest absolute Gasteiger partial charge is 0.408 e. The first kappa shape index (κ1) is 62.2. The van der Waals surface area contributed by atoms with Gasteiger partial charge in [-0.2, -0.15) is 0 Å². The second-order valence-electron chi connectivity index (χ2n) is 22.2. The Morgan fingerprint density at radius 2 is 1.23 bits per heavy atom. The molecule has 0 bridgehead atoms. The van der Waals surface area contributed by atoms with Gasteiger partial charge in [-0.25, -0.2) is 24.5 Å². The summed E-state index contributed by atoms with van der Waals surface area (Å²) >= 11 is 0. The highest BCUT2D eigenvalue weighted by Gasteiger charge is 2.41. The van der Waals surface area contributed by atoms with E-state index in [9.17, 15) is 48.6 Å². The van der Waals surface area contributed by atoms with Crippen LogP contribution in [0.5, 0.6) is 0 Å². The lowest BCUT2D eigenvalue weighted by Gasteiger charge is -2.33. The maximum atomic E-state index is 14.7. The minimum atomic E-state index is -1.32. The highest BCUT2D eigenvalue weighted by Crippen LogP contribution is 2.24. The van der Waals surface area contributed by atoms with E-state index in [2.05, 4.69) is 61.8 Å². The van der Waals surface area contributed by atoms with E-state index in [1.165, 1.54) is 42.5 Å². The van der Waals surface area contributed by atoms with E-state index in [4.69, 9.17) is 4.74 Å². The average Bonchev–Trinajstić information content (AvgIpc) is 4.28. The molecule has 7 amide bonds. The fourth-order valence-electron chi connectivity index (χ4n) is 9.44. The number of benzene rings is 1. The van der Waals surface area contributed by atoms with Crippen LogP contribution in [0, 0.1) is 23.7 Å². The quantitative estimate of drug-likeness (QED) is 0.0373. The number of H-pyrrole nitrogens is 3. The van der Waals surface area contributed by atoms with Crippen molar-refractivity contribution in [2.24, 2.45) is 23.7 Å². The Kier molecular flexibility index (Phi) is 23.1. The zero-order valence-corrected chi connectivity index (χ0v) is 46.7. The van der Waals surface area contributed by atoms with Crippen molar-refractivity contribution in [2.45, 2.75) is 174 Å². The van der Waals surface area contributed by atoms with Crippen molar-refractivity contribution >= 4 is 47.5 Å². The standard InChI is InChI=1S/C55H81N13O11/c1-10-33(6)46(51(74)65-43(53(76)77)23-37-27-58-30-61-37)67-47(70)38(32(4)5)24-45(69)39(19-31(2)3)62-49(72)41(21-35-25-56-28-59-35)63-48(71)40(20-34-15-12-11-13-16-34)64-50(73)44-17-14-18-68(44)52(75)42(22-36-26-57-29-60-36)66-54(78)79-55(7,8)9/h11-13,15-16,25-33,38-46,69H,10,14,17-24H2,1-9H3,(H,56,59)(H,57,60)(H,58,61)(H,62,72)(H,63,71)(H,64,73)(H,65,74)(H,66,78)(H,67,70)(H,76,77)/t33-,38+,39-,40-,41-,42-,43-,44-,45-,46-/m0/s1. The SMILES string of the molecule is CC[C@H](C)[C@H](NC(=O)[C@H](C[C@H](O)[C@H](CC(C)C)NC(=O)[C@H](Cc1cnc[nH]1)NC(=O)[C@H](Cc1ccccc1)NC(=O)[C@@H]1CCCN1C(=O)[C@H](Cc1cnc[nH]1)NC(=O)OC(C)(C)C)C(C)C)C(=O)N[C@@H](Cc1cnc[nH]1)C(=O)O. The molecule has 4 aromatic rings. The van der Waals surface area contributed by atoms with Crippen LogP contribution in [0.15, 0.2) is 67.9 Å². The molecule has 1 aliphatic rings. The fraction of sp³-hybridized carbons (Fsp3) is 0.582. The molecule has 79 heavy (non-hydrogen) atoms. The number of likely N-dealkylation sites (tertiary alicyclic amines) is 1. The predicted octanol–water partition coefficient (Wildman–Crippen LogP) is 2.63. The van der Waals surface area contributed by atoms with Gasteiger partial charge in [0, 0.05) is 73.8 Å². The summed E-state index contributed by atoms with van der Waals surface area (Å²) in [4.78, 5) is 134. The van der Waals surface area contributed by atoms with E-state index in [0.717, 1.165) is 0 Å². The van der Waals surface area contributed by atoms with Crippen molar-refractivity contribution in [3.05, 3.63) is 90.5 Å². The molecule has 432 valence electrons. The number of nitrogens with zero attached hydrogens (tertiary/aromatic N) is 4. The number of hydrogen-bond acceptors (Lipinski definition) is 13. The number of rotatable bonds is 29. The molecule has 0 unspecified atom stereocenters. The molecule has 0 spiro atoms. The topological polar surface area (TPSA) is 348 Å². The van der Waals surface area contributed by atoms with Crippen molar-refractivity contribution in [2.75, 3.05) is 6.54 Å². The number of hydrogen-bond donors (Lipinski definition) is 11. The number of aliphatic hydroxyl groups excluding tert-OH is 1. The van der Waals surface area contributed by atoms with Crippen LogP contribution in [-0.2, 0) is 64.0 Å². The van der Waals surface area contributed by atoms with Gasteiger partial charge >= 0.3 is 12.1 Å². The van der Waals surface area contributed by atoms with Gasteiger partial charge in [-0.05, 0) is 69.8 Å². The number of carbonyl (C=O) groups is 8. The van der Waals surface area contributed by atoms with Gasteiger partial charge in [0.2, 0.25) is 35.4 Å². The van der Waals surface area contributed by atoms with Crippen molar-refractivity contribution in [1.29, 1.82) is 0 Å². The Labute approximate surface area is 461 Å².